The summed E-state index contributed by atoms with van der Waals surface area (Å²) in [5.74, 6) is -2.28. The van der Waals surface area contributed by atoms with Gasteiger partial charge in [-0.2, -0.15) is 0 Å². The Bertz CT molecular complexity index is 1150. The molecule has 2 aromatic rings. The molecule has 0 saturated carbocycles. The Kier molecular flexibility index (Phi) is 5.61. The van der Waals surface area contributed by atoms with Crippen molar-refractivity contribution >= 4 is 34.2 Å². The number of fused-ring (bicyclic) bond motifs is 2. The molecule has 3 fully saturated rings. The van der Waals surface area contributed by atoms with E-state index in [2.05, 4.69) is 10.6 Å². The number of β-amino-alcohol motifs (C(OH)–C–C–N with tert-alkyl or cyclic N) is 1. The molecule has 34 heavy (non-hydrogen) atoms. The third kappa shape index (κ3) is 3.31. The molecule has 0 aliphatic carbocycles. The lowest BCUT2D eigenvalue weighted by molar-refractivity contribution is -0.145. The van der Waals surface area contributed by atoms with Crippen LogP contribution in [0.5, 0.6) is 0 Å². The van der Waals surface area contributed by atoms with Gasteiger partial charge in [-0.05, 0) is 49.1 Å². The van der Waals surface area contributed by atoms with E-state index in [9.17, 15) is 19.5 Å². The van der Waals surface area contributed by atoms with Crippen LogP contribution in [0.4, 0.5) is 5.69 Å². The van der Waals surface area contributed by atoms with Gasteiger partial charge in [-0.1, -0.05) is 37.3 Å². The second kappa shape index (κ2) is 8.36. The highest BCUT2D eigenvalue weighted by atomic mass is 16.5. The molecule has 3 aliphatic heterocycles. The van der Waals surface area contributed by atoms with Gasteiger partial charge in [0, 0.05) is 18.8 Å². The molecule has 180 valence electrons. The lowest BCUT2D eigenvalue weighted by Crippen LogP contribution is -2.53. The maximum absolute atomic E-state index is 13.7. The molecule has 3 amide bonds. The number of benzene rings is 2. The largest absolute Gasteiger partial charge is 0.395 e. The van der Waals surface area contributed by atoms with Crippen molar-refractivity contribution in [2.75, 3.05) is 25.0 Å². The summed E-state index contributed by atoms with van der Waals surface area (Å²) in [5.41, 5.74) is -1.27. The van der Waals surface area contributed by atoms with Gasteiger partial charge in [0.1, 0.15) is 11.6 Å². The summed E-state index contributed by atoms with van der Waals surface area (Å²) in [6.45, 7) is 4.09. The van der Waals surface area contributed by atoms with Crippen molar-refractivity contribution in [3.05, 3.63) is 42.5 Å². The van der Waals surface area contributed by atoms with Crippen LogP contribution in [0.15, 0.2) is 42.5 Å². The second-order valence-corrected chi connectivity index (χ2v) is 9.83. The minimum atomic E-state index is -1.09. The van der Waals surface area contributed by atoms with Gasteiger partial charge >= 0.3 is 0 Å². The third-order valence-corrected chi connectivity index (χ3v) is 7.71. The maximum Gasteiger partial charge on any atom is 0.250 e. The second-order valence-electron chi connectivity index (χ2n) is 9.83. The molecule has 2 unspecified atom stereocenters. The lowest BCUT2D eigenvalue weighted by Gasteiger charge is -2.33. The van der Waals surface area contributed by atoms with Gasteiger partial charge in [-0.25, -0.2) is 0 Å². The number of rotatable bonds is 7. The molecular weight excluding hydrogens is 434 g/mol. The predicted octanol–water partition coefficient (Wildman–Crippen LogP) is 2.06. The zero-order valence-corrected chi connectivity index (χ0v) is 19.5. The Morgan fingerprint density at radius 1 is 1.15 bits per heavy atom. The number of nitrogens with one attached hydrogen (secondary N) is 2. The van der Waals surface area contributed by atoms with Crippen LogP contribution >= 0.6 is 0 Å². The van der Waals surface area contributed by atoms with E-state index in [-0.39, 0.29) is 30.9 Å². The summed E-state index contributed by atoms with van der Waals surface area (Å²) >= 11 is 0. The van der Waals surface area contributed by atoms with Gasteiger partial charge in [0.25, 0.3) is 0 Å². The van der Waals surface area contributed by atoms with Crippen molar-refractivity contribution < 1.29 is 24.2 Å². The summed E-state index contributed by atoms with van der Waals surface area (Å²) in [6, 6.07) is 12.6. The quantitative estimate of drug-likeness (QED) is 0.580. The SMILES string of the molecule is CCCNC(=O)[C@@H]1[C@H]2C(=O)N(CCO)C(C(=O)Nc3ccc4ccccc4c3)C23CC[C@@]1(C)O3. The Morgan fingerprint density at radius 2 is 1.91 bits per heavy atom. The number of amides is 3. The van der Waals surface area contributed by atoms with Gasteiger partial charge in [0.05, 0.1) is 24.0 Å². The summed E-state index contributed by atoms with van der Waals surface area (Å²) in [4.78, 5) is 41.8. The number of hydrogen-bond acceptors (Lipinski definition) is 5. The number of ether oxygens (including phenoxy) is 1. The molecule has 3 saturated heterocycles. The topological polar surface area (TPSA) is 108 Å². The highest BCUT2D eigenvalue weighted by molar-refractivity contribution is 6.04. The van der Waals surface area contributed by atoms with Crippen LogP contribution in [0.2, 0.25) is 0 Å². The average molecular weight is 466 g/mol. The van der Waals surface area contributed by atoms with Crippen molar-refractivity contribution in [3.8, 4) is 0 Å². The van der Waals surface area contributed by atoms with E-state index in [4.69, 9.17) is 4.74 Å². The molecule has 2 bridgehead atoms. The average Bonchev–Trinajstić information content (AvgIpc) is 3.38. The highest BCUT2D eigenvalue weighted by Gasteiger charge is 2.77. The van der Waals surface area contributed by atoms with Crippen molar-refractivity contribution in [1.82, 2.24) is 10.2 Å². The molecule has 0 radical (unpaired) electrons. The van der Waals surface area contributed by atoms with Gasteiger partial charge in [-0.3, -0.25) is 14.4 Å². The minimum absolute atomic E-state index is 0.0102. The van der Waals surface area contributed by atoms with E-state index in [0.717, 1.165) is 17.2 Å². The first-order valence-electron chi connectivity index (χ1n) is 12.0. The Balaban J connectivity index is 1.49. The standard InChI is InChI=1S/C26H31N3O5/c1-3-12-27-22(31)19-20-24(33)29(13-14-30)21(26(20)11-10-25(19,2)34-26)23(32)28-18-9-8-16-6-4-5-7-17(16)15-18/h4-9,15,19-21,30H,3,10-14H2,1-2H3,(H,27,31)(H,28,32)/t19-,20-,21?,25+,26?/m0/s1. The van der Waals surface area contributed by atoms with Crippen LogP contribution in [-0.2, 0) is 19.1 Å². The first kappa shape index (κ1) is 22.8. The van der Waals surface area contributed by atoms with Crippen LogP contribution in [-0.4, -0.2) is 64.7 Å². The molecule has 2 aromatic carbocycles. The normalized spacial score (nSPS) is 31.7. The minimum Gasteiger partial charge on any atom is -0.395 e. The maximum atomic E-state index is 13.7. The smallest absolute Gasteiger partial charge is 0.250 e. The molecule has 5 atom stereocenters. The number of carbonyl (C=O) groups is 3. The van der Waals surface area contributed by atoms with Gasteiger partial charge in [0.2, 0.25) is 17.7 Å². The molecule has 5 rings (SSSR count). The number of carbonyl (C=O) groups excluding carboxylic acids is 3. The fourth-order valence-corrected chi connectivity index (χ4v) is 6.31. The van der Waals surface area contributed by atoms with Crippen LogP contribution in [0.1, 0.15) is 33.1 Å². The first-order chi connectivity index (χ1) is 16.3. The summed E-state index contributed by atoms with van der Waals surface area (Å²) in [7, 11) is 0. The van der Waals surface area contributed by atoms with Crippen molar-refractivity contribution in [1.29, 1.82) is 0 Å². The zero-order chi connectivity index (χ0) is 24.1. The summed E-state index contributed by atoms with van der Waals surface area (Å²) in [6.07, 6.45) is 1.89. The van der Waals surface area contributed by atoms with E-state index >= 15 is 0 Å². The fourth-order valence-electron chi connectivity index (χ4n) is 6.31. The number of likely N-dealkylation sites (tertiary alicyclic amines) is 1. The Hall–Kier alpha value is -2.97. The van der Waals surface area contributed by atoms with Gasteiger partial charge < -0.3 is 25.4 Å². The first-order valence-corrected chi connectivity index (χ1v) is 12.0. The number of aliphatic hydroxyl groups is 1. The predicted molar refractivity (Wildman–Crippen MR) is 127 cm³/mol. The van der Waals surface area contributed by atoms with Crippen molar-refractivity contribution in [3.63, 3.8) is 0 Å². The Labute approximate surface area is 198 Å². The van der Waals surface area contributed by atoms with E-state index < -0.39 is 29.1 Å². The monoisotopic (exact) mass is 465 g/mol. The number of nitrogens with zero attached hydrogens (tertiary/aromatic N) is 1. The molecule has 1 spiro atoms. The number of hydrogen-bond donors (Lipinski definition) is 3. The molecule has 8 nitrogen and oxygen atoms in total. The molecule has 3 heterocycles. The van der Waals surface area contributed by atoms with E-state index in [1.165, 1.54) is 4.90 Å². The van der Waals surface area contributed by atoms with E-state index in [1.54, 1.807) is 0 Å². The van der Waals surface area contributed by atoms with Crippen LogP contribution < -0.4 is 10.6 Å². The molecule has 0 aromatic heterocycles. The number of aliphatic hydroxyl groups excluding tert-OH is 1. The van der Waals surface area contributed by atoms with Crippen molar-refractivity contribution in [2.24, 2.45) is 11.8 Å². The molecule has 3 N–H and O–H groups in total. The summed E-state index contributed by atoms with van der Waals surface area (Å²) < 4.78 is 6.51. The fraction of sp³-hybridized carbons (Fsp3) is 0.500. The van der Waals surface area contributed by atoms with Gasteiger partial charge in [0.15, 0.2) is 0 Å². The van der Waals surface area contributed by atoms with Gasteiger partial charge in [-0.15, -0.1) is 0 Å². The Morgan fingerprint density at radius 3 is 2.65 bits per heavy atom. The highest BCUT2D eigenvalue weighted by Crippen LogP contribution is 2.63. The lowest BCUT2D eigenvalue weighted by atomic mass is 9.66. The summed E-state index contributed by atoms with van der Waals surface area (Å²) in [5, 5.41) is 17.6. The van der Waals surface area contributed by atoms with E-state index in [0.29, 0.717) is 25.1 Å². The van der Waals surface area contributed by atoms with Crippen LogP contribution in [0.3, 0.4) is 0 Å². The zero-order valence-electron chi connectivity index (χ0n) is 19.5. The van der Waals surface area contributed by atoms with Crippen LogP contribution in [0, 0.1) is 11.8 Å². The molecular formula is C26H31N3O5. The third-order valence-electron chi connectivity index (χ3n) is 7.71. The number of anilines is 1. The molecule has 3 aliphatic rings. The van der Waals surface area contributed by atoms with Crippen LogP contribution in [0.25, 0.3) is 10.8 Å². The van der Waals surface area contributed by atoms with Crippen molar-refractivity contribution in [2.45, 2.75) is 50.4 Å². The van der Waals surface area contributed by atoms with E-state index in [1.807, 2.05) is 56.3 Å². The molecule has 8 heteroatoms.